The Hall–Kier alpha value is -0.0800. The van der Waals surface area contributed by atoms with Crippen LogP contribution in [-0.4, -0.2) is 24.3 Å². The van der Waals surface area contributed by atoms with Crippen LogP contribution in [0.5, 0.6) is 0 Å². The maximum Gasteiger partial charge on any atom is 0.0631 e. The molecule has 1 aliphatic heterocycles. The van der Waals surface area contributed by atoms with Gasteiger partial charge in [-0.15, -0.1) is 0 Å². The van der Waals surface area contributed by atoms with Crippen LogP contribution in [0.2, 0.25) is 0 Å². The Balaban J connectivity index is 2.57. The summed E-state index contributed by atoms with van der Waals surface area (Å²) in [6, 6.07) is 0.559. The molecular formula is C16H33NO. The van der Waals surface area contributed by atoms with E-state index in [4.69, 9.17) is 4.74 Å². The molecule has 1 saturated heterocycles. The Morgan fingerprint density at radius 1 is 1.28 bits per heavy atom. The fourth-order valence-corrected chi connectivity index (χ4v) is 2.69. The summed E-state index contributed by atoms with van der Waals surface area (Å²) in [4.78, 5) is 0. The second kappa shape index (κ2) is 5.92. The van der Waals surface area contributed by atoms with Crippen LogP contribution in [0.3, 0.4) is 0 Å². The lowest BCUT2D eigenvalue weighted by atomic mass is 9.74. The molecule has 0 bridgehead atoms. The number of ether oxygens (including phenoxy) is 1. The Bertz CT molecular complexity index is 260. The Kier molecular flexibility index (Phi) is 5.25. The largest absolute Gasteiger partial charge is 0.372 e. The summed E-state index contributed by atoms with van der Waals surface area (Å²) in [7, 11) is 0. The molecule has 0 aromatic rings. The highest BCUT2D eigenvalue weighted by atomic mass is 16.5. The third-order valence-corrected chi connectivity index (χ3v) is 4.56. The van der Waals surface area contributed by atoms with E-state index >= 15 is 0 Å². The average molecular weight is 255 g/mol. The first kappa shape index (κ1) is 16.0. The van der Waals surface area contributed by atoms with Gasteiger partial charge in [-0.3, -0.25) is 0 Å². The first-order valence-electron chi connectivity index (χ1n) is 7.56. The van der Waals surface area contributed by atoms with Crippen LogP contribution in [-0.2, 0) is 4.74 Å². The summed E-state index contributed by atoms with van der Waals surface area (Å²) < 4.78 is 6.17. The first-order valence-corrected chi connectivity index (χ1v) is 7.56. The molecule has 0 radical (unpaired) electrons. The molecule has 0 amide bonds. The molecule has 0 aliphatic carbocycles. The van der Waals surface area contributed by atoms with Gasteiger partial charge in [0.15, 0.2) is 0 Å². The van der Waals surface area contributed by atoms with Crippen molar-refractivity contribution in [2.45, 2.75) is 85.5 Å². The SMILES string of the molecule is CC(C)NCC(C)(CC1CCC(C)(C)O1)C(C)C. The third-order valence-electron chi connectivity index (χ3n) is 4.56. The Morgan fingerprint density at radius 2 is 1.89 bits per heavy atom. The summed E-state index contributed by atoms with van der Waals surface area (Å²) in [6.07, 6.45) is 4.04. The second-order valence-electron chi connectivity index (χ2n) is 7.59. The van der Waals surface area contributed by atoms with E-state index in [0.717, 1.165) is 6.54 Å². The van der Waals surface area contributed by atoms with Crippen LogP contribution in [0.15, 0.2) is 0 Å². The zero-order chi connectivity index (χ0) is 14.0. The lowest BCUT2D eigenvalue weighted by Crippen LogP contribution is -2.41. The maximum absolute atomic E-state index is 6.17. The summed E-state index contributed by atoms with van der Waals surface area (Å²) in [5.74, 6) is 0.677. The van der Waals surface area contributed by atoms with E-state index in [1.807, 2.05) is 0 Å². The fourth-order valence-electron chi connectivity index (χ4n) is 2.69. The van der Waals surface area contributed by atoms with Crippen molar-refractivity contribution in [2.24, 2.45) is 11.3 Å². The highest BCUT2D eigenvalue weighted by Gasteiger charge is 2.38. The van der Waals surface area contributed by atoms with Gasteiger partial charge in [0.25, 0.3) is 0 Å². The maximum atomic E-state index is 6.17. The molecule has 2 atom stereocenters. The molecule has 108 valence electrons. The predicted molar refractivity (Wildman–Crippen MR) is 78.9 cm³/mol. The molecule has 0 aromatic heterocycles. The van der Waals surface area contributed by atoms with Gasteiger partial charge in [0.2, 0.25) is 0 Å². The molecule has 1 aliphatic rings. The van der Waals surface area contributed by atoms with Gasteiger partial charge in [-0.25, -0.2) is 0 Å². The number of hydrogen-bond donors (Lipinski definition) is 1. The Labute approximate surface area is 114 Å². The van der Waals surface area contributed by atoms with Crippen molar-refractivity contribution in [1.82, 2.24) is 5.32 Å². The zero-order valence-corrected chi connectivity index (χ0v) is 13.5. The van der Waals surface area contributed by atoms with Crippen molar-refractivity contribution >= 4 is 0 Å². The number of nitrogens with one attached hydrogen (secondary N) is 1. The monoisotopic (exact) mass is 255 g/mol. The van der Waals surface area contributed by atoms with E-state index in [2.05, 4.69) is 53.8 Å². The quantitative estimate of drug-likeness (QED) is 0.774. The number of rotatable bonds is 6. The summed E-state index contributed by atoms with van der Waals surface area (Å²) in [5.41, 5.74) is 0.420. The van der Waals surface area contributed by atoms with Crippen LogP contribution >= 0.6 is 0 Å². The summed E-state index contributed by atoms with van der Waals surface area (Å²) >= 11 is 0. The van der Waals surface area contributed by atoms with Gasteiger partial charge in [0.05, 0.1) is 11.7 Å². The highest BCUT2D eigenvalue weighted by Crippen LogP contribution is 2.39. The van der Waals surface area contributed by atoms with E-state index in [0.29, 0.717) is 23.5 Å². The first-order chi connectivity index (χ1) is 8.15. The van der Waals surface area contributed by atoms with Crippen molar-refractivity contribution in [3.8, 4) is 0 Å². The van der Waals surface area contributed by atoms with Crippen molar-refractivity contribution < 1.29 is 4.74 Å². The molecule has 1 rings (SSSR count). The van der Waals surface area contributed by atoms with Crippen LogP contribution < -0.4 is 5.32 Å². The molecule has 2 nitrogen and oxygen atoms in total. The fraction of sp³-hybridized carbons (Fsp3) is 1.00. The lowest BCUT2D eigenvalue weighted by molar-refractivity contribution is -0.0398. The van der Waals surface area contributed by atoms with E-state index in [1.54, 1.807) is 0 Å². The minimum absolute atomic E-state index is 0.0913. The van der Waals surface area contributed by atoms with Gasteiger partial charge in [0.1, 0.15) is 0 Å². The third kappa shape index (κ3) is 4.55. The van der Waals surface area contributed by atoms with Gasteiger partial charge in [-0.2, -0.15) is 0 Å². The molecule has 2 unspecified atom stereocenters. The van der Waals surface area contributed by atoms with E-state index in [-0.39, 0.29) is 5.60 Å². The summed E-state index contributed by atoms with van der Waals surface area (Å²) in [6.45, 7) is 17.0. The standard InChI is InChI=1S/C16H33NO/c1-12(2)16(7,11-17-13(3)4)10-14-8-9-15(5,6)18-14/h12-14,17H,8-11H2,1-7H3. The predicted octanol–water partition coefficient (Wildman–Crippen LogP) is 3.99. The number of hydrogen-bond acceptors (Lipinski definition) is 2. The van der Waals surface area contributed by atoms with Crippen LogP contribution in [0, 0.1) is 11.3 Å². The summed E-state index contributed by atoms with van der Waals surface area (Å²) in [5, 5.41) is 3.61. The minimum Gasteiger partial charge on any atom is -0.372 e. The van der Waals surface area contributed by atoms with Crippen LogP contribution in [0.4, 0.5) is 0 Å². The zero-order valence-electron chi connectivity index (χ0n) is 13.5. The molecule has 18 heavy (non-hydrogen) atoms. The average Bonchev–Trinajstić information content (AvgIpc) is 2.54. The van der Waals surface area contributed by atoms with Gasteiger partial charge in [-0.1, -0.05) is 34.6 Å². The normalized spacial score (nSPS) is 26.8. The molecule has 0 saturated carbocycles. The molecule has 2 heteroatoms. The molecule has 1 heterocycles. The Morgan fingerprint density at radius 3 is 2.28 bits per heavy atom. The highest BCUT2D eigenvalue weighted by molar-refractivity contribution is 4.89. The molecule has 0 spiro atoms. The van der Waals surface area contributed by atoms with Crippen molar-refractivity contribution in [3.63, 3.8) is 0 Å². The van der Waals surface area contributed by atoms with Crippen molar-refractivity contribution in [1.29, 1.82) is 0 Å². The van der Waals surface area contributed by atoms with Gasteiger partial charge in [-0.05, 0) is 44.4 Å². The van der Waals surface area contributed by atoms with Crippen molar-refractivity contribution in [2.75, 3.05) is 6.54 Å². The minimum atomic E-state index is 0.0913. The van der Waals surface area contributed by atoms with E-state index in [1.165, 1.54) is 19.3 Å². The topological polar surface area (TPSA) is 21.3 Å². The van der Waals surface area contributed by atoms with Gasteiger partial charge < -0.3 is 10.1 Å². The van der Waals surface area contributed by atoms with E-state index in [9.17, 15) is 0 Å². The molecule has 1 N–H and O–H groups in total. The molecular weight excluding hydrogens is 222 g/mol. The molecule has 1 fully saturated rings. The van der Waals surface area contributed by atoms with E-state index < -0.39 is 0 Å². The molecule has 0 aromatic carbocycles. The van der Waals surface area contributed by atoms with Crippen molar-refractivity contribution in [3.05, 3.63) is 0 Å². The smallest absolute Gasteiger partial charge is 0.0631 e. The van der Waals surface area contributed by atoms with Gasteiger partial charge in [0, 0.05) is 12.6 Å². The lowest BCUT2D eigenvalue weighted by Gasteiger charge is -2.37. The second-order valence-corrected chi connectivity index (χ2v) is 7.59. The van der Waals surface area contributed by atoms with Crippen LogP contribution in [0.25, 0.3) is 0 Å². The van der Waals surface area contributed by atoms with Gasteiger partial charge >= 0.3 is 0 Å². The van der Waals surface area contributed by atoms with Crippen LogP contribution in [0.1, 0.15) is 67.7 Å².